The van der Waals surface area contributed by atoms with Crippen molar-refractivity contribution in [3.8, 4) is 34.2 Å². The summed E-state index contributed by atoms with van der Waals surface area (Å²) in [4.78, 5) is 17.6. The first-order chi connectivity index (χ1) is 24.3. The summed E-state index contributed by atoms with van der Waals surface area (Å²) in [7, 11) is 0. The van der Waals surface area contributed by atoms with Gasteiger partial charge in [-0.05, 0) is 91.0 Å². The fourth-order valence-electron chi connectivity index (χ4n) is 6.59. The summed E-state index contributed by atoms with van der Waals surface area (Å²) in [5.74, 6) is 1.64. The van der Waals surface area contributed by atoms with E-state index in [1.165, 1.54) is 0 Å². The summed E-state index contributed by atoms with van der Waals surface area (Å²) in [5.41, 5.74) is 10.6. The van der Waals surface area contributed by atoms with Crippen LogP contribution in [0.2, 0.25) is 0 Å². The number of aromatic nitrogens is 5. The molecular weight excluding hydrogens is 601 g/mol. The van der Waals surface area contributed by atoms with Gasteiger partial charge in [-0.25, -0.2) is 15.0 Å². The minimum Gasteiger partial charge on any atom is -0.310 e. The maximum absolute atomic E-state index is 5.27. The van der Waals surface area contributed by atoms with Crippen LogP contribution < -0.4 is 4.90 Å². The molecule has 9 aromatic rings. The molecule has 0 aliphatic carbocycles. The van der Waals surface area contributed by atoms with Gasteiger partial charge in [0.2, 0.25) is 0 Å². The Labute approximate surface area is 283 Å². The van der Waals surface area contributed by atoms with Crippen LogP contribution in [-0.4, -0.2) is 24.1 Å². The van der Waals surface area contributed by atoms with Crippen LogP contribution in [0, 0.1) is 0 Å². The highest BCUT2D eigenvalue weighted by atomic mass is 15.2. The molecule has 0 saturated heterocycles. The number of hydrogen-bond donors (Lipinski definition) is 0. The van der Waals surface area contributed by atoms with Crippen LogP contribution in [0.4, 0.5) is 17.1 Å². The third-order valence-corrected chi connectivity index (χ3v) is 8.73. The van der Waals surface area contributed by atoms with E-state index in [1.807, 2.05) is 60.8 Å². The van der Waals surface area contributed by atoms with Gasteiger partial charge in [0.25, 0.3) is 0 Å². The molecule has 6 heteroatoms. The first-order valence-corrected chi connectivity index (χ1v) is 16.3. The van der Waals surface area contributed by atoms with Crippen molar-refractivity contribution in [2.75, 3.05) is 4.90 Å². The number of para-hydroxylation sites is 6. The zero-order chi connectivity index (χ0) is 32.6. The quantitative estimate of drug-likeness (QED) is 0.176. The van der Waals surface area contributed by atoms with Crippen molar-refractivity contribution < 1.29 is 0 Å². The Morgan fingerprint density at radius 1 is 0.408 bits per heavy atom. The zero-order valence-corrected chi connectivity index (χ0v) is 26.5. The second-order valence-electron chi connectivity index (χ2n) is 11.8. The summed E-state index contributed by atoms with van der Waals surface area (Å²) in [6.45, 7) is 0. The number of benzene rings is 6. The first kappa shape index (κ1) is 28.4. The predicted octanol–water partition coefficient (Wildman–Crippen LogP) is 10.6. The van der Waals surface area contributed by atoms with E-state index in [2.05, 4.69) is 135 Å². The van der Waals surface area contributed by atoms with E-state index in [9.17, 15) is 0 Å². The number of rotatable bonds is 7. The Kier molecular flexibility index (Phi) is 7.02. The van der Waals surface area contributed by atoms with Crippen molar-refractivity contribution in [3.05, 3.63) is 182 Å². The largest absolute Gasteiger partial charge is 0.310 e. The van der Waals surface area contributed by atoms with Gasteiger partial charge in [0.1, 0.15) is 17.2 Å². The summed E-state index contributed by atoms with van der Waals surface area (Å²) < 4.78 is 4.39. The molecule has 0 saturated carbocycles. The molecule has 232 valence electrons. The lowest BCUT2D eigenvalue weighted by Gasteiger charge is -2.26. The molecule has 3 heterocycles. The van der Waals surface area contributed by atoms with E-state index in [-0.39, 0.29) is 0 Å². The topological polar surface area (TPSA) is 51.8 Å². The van der Waals surface area contributed by atoms with E-state index in [4.69, 9.17) is 15.0 Å². The molecule has 9 rings (SSSR count). The molecule has 0 bridgehead atoms. The van der Waals surface area contributed by atoms with E-state index in [0.29, 0.717) is 0 Å². The minimum atomic E-state index is 0.798. The molecule has 0 unspecified atom stereocenters. The van der Waals surface area contributed by atoms with Crippen molar-refractivity contribution in [1.82, 2.24) is 24.1 Å². The van der Waals surface area contributed by atoms with Crippen molar-refractivity contribution in [2.24, 2.45) is 0 Å². The highest BCUT2D eigenvalue weighted by Crippen LogP contribution is 2.41. The molecule has 49 heavy (non-hydrogen) atoms. The molecule has 0 fully saturated rings. The van der Waals surface area contributed by atoms with Gasteiger partial charge in [0.15, 0.2) is 5.65 Å². The molecule has 3 aromatic heterocycles. The Bertz CT molecular complexity index is 2360. The molecule has 6 nitrogen and oxygen atoms in total. The highest BCUT2D eigenvalue weighted by Gasteiger charge is 2.22. The number of fused-ring (bicyclic) bond motifs is 2. The molecular formula is C43H30N6. The summed E-state index contributed by atoms with van der Waals surface area (Å²) in [6.07, 6.45) is 1.82. The number of anilines is 3. The van der Waals surface area contributed by atoms with E-state index in [1.54, 1.807) is 0 Å². The zero-order valence-electron chi connectivity index (χ0n) is 26.5. The van der Waals surface area contributed by atoms with Gasteiger partial charge < -0.3 is 4.90 Å². The van der Waals surface area contributed by atoms with Crippen LogP contribution >= 0.6 is 0 Å². The fraction of sp³-hybridized carbons (Fsp3) is 0. The third-order valence-electron chi connectivity index (χ3n) is 8.73. The van der Waals surface area contributed by atoms with Gasteiger partial charge in [-0.2, -0.15) is 0 Å². The molecule has 6 aromatic carbocycles. The van der Waals surface area contributed by atoms with Gasteiger partial charge >= 0.3 is 0 Å². The molecule has 0 radical (unpaired) electrons. The molecule has 0 atom stereocenters. The second-order valence-corrected chi connectivity index (χ2v) is 11.8. The summed E-state index contributed by atoms with van der Waals surface area (Å²) in [5, 5.41) is 0. The van der Waals surface area contributed by atoms with Crippen LogP contribution in [-0.2, 0) is 0 Å². The van der Waals surface area contributed by atoms with Crippen molar-refractivity contribution in [2.45, 2.75) is 0 Å². The summed E-state index contributed by atoms with van der Waals surface area (Å²) >= 11 is 0. The van der Waals surface area contributed by atoms with Crippen LogP contribution in [0.5, 0.6) is 0 Å². The van der Waals surface area contributed by atoms with Crippen molar-refractivity contribution in [3.63, 3.8) is 0 Å². The van der Waals surface area contributed by atoms with Gasteiger partial charge in [-0.15, -0.1) is 0 Å². The molecule has 0 spiro atoms. The third kappa shape index (κ3) is 5.12. The average molecular weight is 631 g/mol. The smallest absolute Gasteiger partial charge is 0.164 e. The van der Waals surface area contributed by atoms with E-state index in [0.717, 1.165) is 73.4 Å². The first-order valence-electron chi connectivity index (χ1n) is 16.3. The Balaban J connectivity index is 1.37. The van der Waals surface area contributed by atoms with E-state index < -0.39 is 0 Å². The lowest BCUT2D eigenvalue weighted by molar-refractivity contribution is 1.07. The molecule has 0 amide bonds. The molecule has 0 N–H and O–H groups in total. The van der Waals surface area contributed by atoms with Crippen molar-refractivity contribution >= 4 is 39.3 Å². The standard InChI is InChI=1S/C43H30N6/c1-5-16-33(17-6-1)47(34-18-7-2-8-19-34)37-29-31(41-45-38-24-13-14-26-40(38)48(41)35-20-9-3-10-21-35)28-32(30-37)42-46-39-25-15-27-44-43(39)49(42)36-22-11-4-12-23-36/h1-30H. The number of nitrogens with zero attached hydrogens (tertiary/aromatic N) is 6. The lowest BCUT2D eigenvalue weighted by atomic mass is 10.0. The number of pyridine rings is 1. The van der Waals surface area contributed by atoms with Crippen molar-refractivity contribution in [1.29, 1.82) is 0 Å². The van der Waals surface area contributed by atoms with Gasteiger partial charge in [-0.3, -0.25) is 9.13 Å². The monoisotopic (exact) mass is 630 g/mol. The lowest BCUT2D eigenvalue weighted by Crippen LogP contribution is -2.10. The Hall–Kier alpha value is -6.79. The predicted molar refractivity (Wildman–Crippen MR) is 199 cm³/mol. The Morgan fingerprint density at radius 2 is 0.898 bits per heavy atom. The van der Waals surface area contributed by atoms with Gasteiger partial charge in [0, 0.05) is 45.8 Å². The SMILES string of the molecule is c1ccc(N(c2ccccc2)c2cc(-c3nc4ccccc4n3-c3ccccc3)cc(-c3nc4cccnc4n3-c3ccccc3)c2)cc1. The second kappa shape index (κ2) is 12.1. The Morgan fingerprint density at radius 3 is 1.53 bits per heavy atom. The van der Waals surface area contributed by atoms with Crippen LogP contribution in [0.3, 0.4) is 0 Å². The van der Waals surface area contributed by atoms with E-state index >= 15 is 0 Å². The average Bonchev–Trinajstić information content (AvgIpc) is 3.76. The highest BCUT2D eigenvalue weighted by molar-refractivity contribution is 5.89. The minimum absolute atomic E-state index is 0.798. The van der Waals surface area contributed by atoms with Gasteiger partial charge in [-0.1, -0.05) is 84.9 Å². The number of hydrogen-bond acceptors (Lipinski definition) is 4. The van der Waals surface area contributed by atoms with Crippen LogP contribution in [0.25, 0.3) is 56.3 Å². The normalized spacial score (nSPS) is 11.3. The maximum atomic E-state index is 5.27. The number of imidazole rings is 2. The molecule has 0 aliphatic heterocycles. The fourth-order valence-corrected chi connectivity index (χ4v) is 6.59. The maximum Gasteiger partial charge on any atom is 0.164 e. The van der Waals surface area contributed by atoms with Crippen LogP contribution in [0.1, 0.15) is 0 Å². The summed E-state index contributed by atoms with van der Waals surface area (Å²) in [6, 6.07) is 60.6. The van der Waals surface area contributed by atoms with Gasteiger partial charge in [0.05, 0.1) is 11.0 Å². The molecule has 0 aliphatic rings. The van der Waals surface area contributed by atoms with Crippen LogP contribution in [0.15, 0.2) is 182 Å².